The number of alkyl carbamates (subject to hydrolysis) is 1. The standard InChI is InChI=1S/C19H28N2O3/c22-19(24-15-16-7-3-1-4-8-16)20-18(17-9-5-2-6-10-17)21-11-13-23-14-12-21/h1,3-4,7-8,17-18H,2,5-6,9-15H2,(H,20,22). The summed E-state index contributed by atoms with van der Waals surface area (Å²) >= 11 is 0. The molecule has 0 radical (unpaired) electrons. The van der Waals surface area contributed by atoms with Gasteiger partial charge in [-0.2, -0.15) is 0 Å². The minimum absolute atomic E-state index is 0.0671. The highest BCUT2D eigenvalue weighted by molar-refractivity contribution is 5.67. The predicted octanol–water partition coefficient (Wildman–Crippen LogP) is 3.15. The summed E-state index contributed by atoms with van der Waals surface area (Å²) in [5.74, 6) is 0.515. The molecule has 0 spiro atoms. The second kappa shape index (κ2) is 9.04. The van der Waals surface area contributed by atoms with Crippen LogP contribution in [0.25, 0.3) is 0 Å². The van der Waals surface area contributed by atoms with Crippen molar-refractivity contribution < 1.29 is 14.3 Å². The molecule has 1 unspecified atom stereocenters. The predicted molar refractivity (Wildman–Crippen MR) is 92.5 cm³/mol. The van der Waals surface area contributed by atoms with E-state index in [2.05, 4.69) is 10.2 Å². The molecule has 24 heavy (non-hydrogen) atoms. The molecule has 2 aliphatic rings. The normalized spacial score (nSPS) is 21.2. The van der Waals surface area contributed by atoms with Gasteiger partial charge in [0.25, 0.3) is 0 Å². The lowest BCUT2D eigenvalue weighted by Gasteiger charge is -2.40. The van der Waals surface area contributed by atoms with Crippen LogP contribution in [0, 0.1) is 5.92 Å². The molecule has 0 bridgehead atoms. The van der Waals surface area contributed by atoms with Crippen LogP contribution < -0.4 is 5.32 Å². The summed E-state index contributed by atoms with van der Waals surface area (Å²) in [6.45, 7) is 3.54. The van der Waals surface area contributed by atoms with Gasteiger partial charge in [-0.3, -0.25) is 4.90 Å². The van der Waals surface area contributed by atoms with Gasteiger partial charge in [0.1, 0.15) is 6.61 Å². The van der Waals surface area contributed by atoms with Crippen molar-refractivity contribution in [2.75, 3.05) is 26.3 Å². The number of benzene rings is 1. The number of rotatable bonds is 5. The monoisotopic (exact) mass is 332 g/mol. The molecule has 132 valence electrons. The van der Waals surface area contributed by atoms with E-state index in [0.29, 0.717) is 12.5 Å². The number of hydrogen-bond acceptors (Lipinski definition) is 4. The molecular weight excluding hydrogens is 304 g/mol. The molecule has 1 amide bonds. The maximum Gasteiger partial charge on any atom is 0.408 e. The maximum atomic E-state index is 12.3. The third-order valence-corrected chi connectivity index (χ3v) is 5.01. The molecule has 1 aliphatic heterocycles. The molecule has 1 aromatic rings. The van der Waals surface area contributed by atoms with Gasteiger partial charge in [0.15, 0.2) is 0 Å². The summed E-state index contributed by atoms with van der Waals surface area (Å²) in [5.41, 5.74) is 1.01. The van der Waals surface area contributed by atoms with E-state index in [-0.39, 0.29) is 12.3 Å². The van der Waals surface area contributed by atoms with Crippen molar-refractivity contribution in [3.63, 3.8) is 0 Å². The first kappa shape index (κ1) is 17.2. The minimum atomic E-state index is -0.319. The summed E-state index contributed by atoms with van der Waals surface area (Å²) < 4.78 is 10.9. The number of hydrogen-bond donors (Lipinski definition) is 1. The second-order valence-corrected chi connectivity index (χ2v) is 6.70. The van der Waals surface area contributed by atoms with Crippen LogP contribution in [0.1, 0.15) is 37.7 Å². The fourth-order valence-electron chi connectivity index (χ4n) is 3.70. The van der Waals surface area contributed by atoms with Crippen LogP contribution in [-0.4, -0.2) is 43.5 Å². The lowest BCUT2D eigenvalue weighted by atomic mass is 9.86. The Morgan fingerprint density at radius 3 is 2.58 bits per heavy atom. The van der Waals surface area contributed by atoms with Gasteiger partial charge in [-0.15, -0.1) is 0 Å². The summed E-state index contributed by atoms with van der Waals surface area (Å²) in [6.07, 6.45) is 5.93. The van der Waals surface area contributed by atoms with Gasteiger partial charge >= 0.3 is 6.09 Å². The highest BCUT2D eigenvalue weighted by Gasteiger charge is 2.31. The molecule has 1 heterocycles. The number of carbonyl (C=O) groups excluding carboxylic acids is 1. The first-order valence-electron chi connectivity index (χ1n) is 9.12. The van der Waals surface area contributed by atoms with Crippen LogP contribution in [0.4, 0.5) is 4.79 Å². The topological polar surface area (TPSA) is 50.8 Å². The Morgan fingerprint density at radius 1 is 1.17 bits per heavy atom. The zero-order chi connectivity index (χ0) is 16.6. The molecule has 5 nitrogen and oxygen atoms in total. The van der Waals surface area contributed by atoms with Gasteiger partial charge in [0.2, 0.25) is 0 Å². The molecule has 0 aromatic heterocycles. The SMILES string of the molecule is O=C(NC(C1CCCCC1)N1CCOCC1)OCc1ccccc1. The van der Waals surface area contributed by atoms with Crippen molar-refractivity contribution in [3.05, 3.63) is 35.9 Å². The Bertz CT molecular complexity index is 479. The molecule has 5 heteroatoms. The van der Waals surface area contributed by atoms with Gasteiger partial charge in [-0.1, -0.05) is 49.6 Å². The van der Waals surface area contributed by atoms with Crippen molar-refractivity contribution >= 4 is 6.09 Å². The molecule has 1 atom stereocenters. The largest absolute Gasteiger partial charge is 0.445 e. The number of amides is 1. The summed E-state index contributed by atoms with van der Waals surface area (Å²) in [5, 5.41) is 3.14. The Balaban J connectivity index is 1.56. The van der Waals surface area contributed by atoms with Gasteiger partial charge < -0.3 is 14.8 Å². The van der Waals surface area contributed by atoms with Crippen molar-refractivity contribution in [1.82, 2.24) is 10.2 Å². The van der Waals surface area contributed by atoms with Gasteiger partial charge in [-0.25, -0.2) is 4.79 Å². The van der Waals surface area contributed by atoms with Crippen LogP contribution in [-0.2, 0) is 16.1 Å². The third-order valence-electron chi connectivity index (χ3n) is 5.01. The fourth-order valence-corrected chi connectivity index (χ4v) is 3.70. The fraction of sp³-hybridized carbons (Fsp3) is 0.632. The van der Waals surface area contributed by atoms with E-state index in [1.54, 1.807) is 0 Å². The average Bonchev–Trinajstić information content (AvgIpc) is 2.67. The van der Waals surface area contributed by atoms with Gasteiger partial charge in [0, 0.05) is 13.1 Å². The summed E-state index contributed by atoms with van der Waals surface area (Å²) in [7, 11) is 0. The van der Waals surface area contributed by atoms with E-state index < -0.39 is 0 Å². The smallest absolute Gasteiger partial charge is 0.408 e. The van der Waals surface area contributed by atoms with Crippen LogP contribution in [0.5, 0.6) is 0 Å². The lowest BCUT2D eigenvalue weighted by Crippen LogP contribution is -2.56. The second-order valence-electron chi connectivity index (χ2n) is 6.70. The van der Waals surface area contributed by atoms with Crippen molar-refractivity contribution in [1.29, 1.82) is 0 Å². The summed E-state index contributed by atoms with van der Waals surface area (Å²) in [6, 6.07) is 9.80. The molecule has 1 aliphatic carbocycles. The lowest BCUT2D eigenvalue weighted by molar-refractivity contribution is -0.0129. The van der Waals surface area contributed by atoms with E-state index in [4.69, 9.17) is 9.47 Å². The molecule has 1 saturated heterocycles. The van der Waals surface area contributed by atoms with Crippen LogP contribution in [0.2, 0.25) is 0 Å². The minimum Gasteiger partial charge on any atom is -0.445 e. The van der Waals surface area contributed by atoms with E-state index in [0.717, 1.165) is 31.9 Å². The highest BCUT2D eigenvalue weighted by atomic mass is 16.5. The maximum absolute atomic E-state index is 12.3. The number of ether oxygens (including phenoxy) is 2. The highest BCUT2D eigenvalue weighted by Crippen LogP contribution is 2.28. The Kier molecular flexibility index (Phi) is 6.49. The Morgan fingerprint density at radius 2 is 1.88 bits per heavy atom. The van der Waals surface area contributed by atoms with Crippen molar-refractivity contribution in [3.8, 4) is 0 Å². The summed E-state index contributed by atoms with van der Waals surface area (Å²) in [4.78, 5) is 14.7. The average molecular weight is 332 g/mol. The quantitative estimate of drug-likeness (QED) is 0.900. The zero-order valence-electron chi connectivity index (χ0n) is 14.3. The molecular formula is C19H28N2O3. The van der Waals surface area contributed by atoms with E-state index >= 15 is 0 Å². The number of carbonyl (C=O) groups is 1. The Hall–Kier alpha value is -1.59. The number of nitrogens with zero attached hydrogens (tertiary/aromatic N) is 1. The Labute approximate surface area is 144 Å². The van der Waals surface area contributed by atoms with Crippen LogP contribution >= 0.6 is 0 Å². The van der Waals surface area contributed by atoms with E-state index in [9.17, 15) is 4.79 Å². The van der Waals surface area contributed by atoms with Crippen LogP contribution in [0.15, 0.2) is 30.3 Å². The molecule has 1 N–H and O–H groups in total. The van der Waals surface area contributed by atoms with Crippen molar-refractivity contribution in [2.24, 2.45) is 5.92 Å². The first-order valence-corrected chi connectivity index (χ1v) is 9.12. The molecule has 1 aromatic carbocycles. The first-order chi connectivity index (χ1) is 11.8. The molecule has 3 rings (SSSR count). The number of morpholine rings is 1. The van der Waals surface area contributed by atoms with Gasteiger partial charge in [0.05, 0.1) is 19.4 Å². The molecule has 2 fully saturated rings. The van der Waals surface area contributed by atoms with E-state index in [1.807, 2.05) is 30.3 Å². The van der Waals surface area contributed by atoms with Crippen molar-refractivity contribution in [2.45, 2.75) is 44.9 Å². The number of nitrogens with one attached hydrogen (secondary N) is 1. The third kappa shape index (κ3) is 4.95. The van der Waals surface area contributed by atoms with Crippen LogP contribution in [0.3, 0.4) is 0 Å². The molecule has 1 saturated carbocycles. The van der Waals surface area contributed by atoms with E-state index in [1.165, 1.54) is 32.1 Å². The zero-order valence-corrected chi connectivity index (χ0v) is 14.3. The van der Waals surface area contributed by atoms with Gasteiger partial charge in [-0.05, 0) is 24.3 Å².